The summed E-state index contributed by atoms with van der Waals surface area (Å²) < 4.78 is 2.68. The molecule has 3 aliphatic rings. The quantitative estimate of drug-likeness (QED) is 0.203. The van der Waals surface area contributed by atoms with E-state index in [0.717, 1.165) is 11.8 Å². The van der Waals surface area contributed by atoms with Gasteiger partial charge in [0, 0.05) is 36.8 Å². The molecule has 0 saturated heterocycles. The Morgan fingerprint density at radius 1 is 0.628 bits per heavy atom. The van der Waals surface area contributed by atoms with Crippen LogP contribution in [0.3, 0.4) is 0 Å². The number of benzene rings is 5. The normalized spacial score (nSPS) is 25.6. The summed E-state index contributed by atoms with van der Waals surface area (Å²) in [5.74, 6) is 2.99. The Hall–Kier alpha value is -3.88. The molecule has 2 heteroatoms. The largest absolute Gasteiger partial charge is 0.309 e. The molecule has 1 spiro atoms. The molecule has 5 atom stereocenters. The summed E-state index contributed by atoms with van der Waals surface area (Å²) in [4.78, 5) is 2.57. The predicted octanol–water partition coefficient (Wildman–Crippen LogP) is 11.9. The molecule has 212 valence electrons. The van der Waals surface area contributed by atoms with Gasteiger partial charge in [-0.1, -0.05) is 92.7 Å². The predicted molar refractivity (Wildman–Crippen MR) is 184 cm³/mol. The van der Waals surface area contributed by atoms with Gasteiger partial charge in [0.2, 0.25) is 0 Å². The van der Waals surface area contributed by atoms with Crippen LogP contribution in [0.2, 0.25) is 0 Å². The second kappa shape index (κ2) is 9.56. The van der Waals surface area contributed by atoms with Crippen LogP contribution in [0.25, 0.3) is 31.3 Å². The first kappa shape index (κ1) is 25.6. The Balaban J connectivity index is 1.36. The first-order valence-corrected chi connectivity index (χ1v) is 16.9. The molecular formula is C41H37NS. The third kappa shape index (κ3) is 3.56. The molecule has 43 heavy (non-hydrogen) atoms. The number of hydrogen-bond donors (Lipinski definition) is 0. The van der Waals surface area contributed by atoms with Crippen molar-refractivity contribution in [3.8, 4) is 11.1 Å². The van der Waals surface area contributed by atoms with E-state index >= 15 is 0 Å². The van der Waals surface area contributed by atoms with Crippen LogP contribution in [-0.2, 0) is 5.41 Å². The van der Waals surface area contributed by atoms with Crippen LogP contribution in [0.15, 0.2) is 115 Å². The number of fused-ring (bicyclic) bond motifs is 11. The Kier molecular flexibility index (Phi) is 5.69. The summed E-state index contributed by atoms with van der Waals surface area (Å²) in [5, 5.41) is 2.69. The summed E-state index contributed by atoms with van der Waals surface area (Å²) >= 11 is 1.90. The summed E-state index contributed by atoms with van der Waals surface area (Å²) in [6.45, 7) is 5.07. The van der Waals surface area contributed by atoms with Gasteiger partial charge in [-0.3, -0.25) is 0 Å². The fourth-order valence-electron chi connectivity index (χ4n) is 9.86. The summed E-state index contributed by atoms with van der Waals surface area (Å²) in [5.41, 5.74) is 9.89. The topological polar surface area (TPSA) is 3.24 Å². The highest BCUT2D eigenvalue weighted by atomic mass is 32.1. The number of anilines is 3. The van der Waals surface area contributed by atoms with Crippen molar-refractivity contribution in [1.82, 2.24) is 0 Å². The highest BCUT2D eigenvalue weighted by Crippen LogP contribution is 2.66. The van der Waals surface area contributed by atoms with Gasteiger partial charge in [-0.15, -0.1) is 11.3 Å². The number of nitrogens with zero attached hydrogens (tertiary/aromatic N) is 1. The summed E-state index contributed by atoms with van der Waals surface area (Å²) in [6.07, 6.45) is 5.45. The number of para-hydroxylation sites is 1. The molecule has 0 amide bonds. The highest BCUT2D eigenvalue weighted by molar-refractivity contribution is 7.26. The molecule has 0 N–H and O–H groups in total. The zero-order chi connectivity index (χ0) is 28.7. The van der Waals surface area contributed by atoms with E-state index < -0.39 is 0 Å². The lowest BCUT2D eigenvalue weighted by atomic mass is 9.49. The standard InChI is InChI=1S/C41H37NS/c1-26-22-28-24-27(2)41(29(23-26)25-28)33-16-8-6-14-31(33)39-34(41)17-10-18-35(39)42(30-12-4-3-5-13-30)36-19-11-21-38-40(36)32-15-7-9-20-37(32)43-38/h3-21,26-29H,22-25H2,1-2H3. The SMILES string of the molecule is CC1CC2CC(C)C3(c4ccccc4-c4c(N(c5ccccc5)c5cccc6sc7ccccc7c56)cccc43)C(C1)C2. The van der Waals surface area contributed by atoms with Crippen LogP contribution in [-0.4, -0.2) is 0 Å². The van der Waals surface area contributed by atoms with E-state index in [1.54, 1.807) is 11.1 Å². The zero-order valence-corrected chi connectivity index (χ0v) is 25.8. The van der Waals surface area contributed by atoms with Gasteiger partial charge in [0.1, 0.15) is 0 Å². The van der Waals surface area contributed by atoms with Gasteiger partial charge in [0.05, 0.1) is 11.4 Å². The van der Waals surface area contributed by atoms with Crippen molar-refractivity contribution in [2.75, 3.05) is 4.90 Å². The van der Waals surface area contributed by atoms with Crippen LogP contribution < -0.4 is 4.90 Å². The minimum atomic E-state index is 0.0799. The second-order valence-electron chi connectivity index (χ2n) is 13.5. The molecule has 0 aliphatic heterocycles. The van der Waals surface area contributed by atoms with Crippen LogP contribution >= 0.6 is 11.3 Å². The lowest BCUT2D eigenvalue weighted by Gasteiger charge is -2.54. The molecule has 2 fully saturated rings. The third-order valence-electron chi connectivity index (χ3n) is 11.2. The van der Waals surface area contributed by atoms with Crippen LogP contribution in [0.4, 0.5) is 17.1 Å². The average molecular weight is 576 g/mol. The van der Waals surface area contributed by atoms with Gasteiger partial charge < -0.3 is 4.90 Å². The third-order valence-corrected chi connectivity index (χ3v) is 12.3. The molecule has 2 saturated carbocycles. The molecule has 3 aliphatic carbocycles. The molecule has 6 aromatic rings. The van der Waals surface area contributed by atoms with Gasteiger partial charge in [-0.05, 0) is 102 Å². The van der Waals surface area contributed by atoms with Crippen molar-refractivity contribution in [2.45, 2.75) is 44.9 Å². The number of rotatable bonds is 3. The maximum absolute atomic E-state index is 2.57. The van der Waals surface area contributed by atoms with Crippen molar-refractivity contribution in [3.63, 3.8) is 0 Å². The fraction of sp³-hybridized carbons (Fsp3) is 0.268. The van der Waals surface area contributed by atoms with Crippen molar-refractivity contribution in [3.05, 3.63) is 126 Å². The smallest absolute Gasteiger partial charge is 0.0555 e. The molecule has 1 nitrogen and oxygen atoms in total. The Labute approximate surface area is 258 Å². The minimum Gasteiger partial charge on any atom is -0.309 e. The monoisotopic (exact) mass is 575 g/mol. The highest BCUT2D eigenvalue weighted by Gasteiger charge is 2.57. The Morgan fingerprint density at radius 3 is 2.26 bits per heavy atom. The van der Waals surface area contributed by atoms with E-state index in [4.69, 9.17) is 0 Å². The lowest BCUT2D eigenvalue weighted by molar-refractivity contribution is 0.0426. The van der Waals surface area contributed by atoms with Crippen LogP contribution in [0.1, 0.15) is 50.7 Å². The summed E-state index contributed by atoms with van der Waals surface area (Å²) in [7, 11) is 0. The van der Waals surface area contributed by atoms with Gasteiger partial charge in [0.15, 0.2) is 0 Å². The van der Waals surface area contributed by atoms with Crippen LogP contribution in [0, 0.1) is 23.7 Å². The fourth-order valence-corrected chi connectivity index (χ4v) is 11.0. The molecule has 0 radical (unpaired) electrons. The van der Waals surface area contributed by atoms with E-state index in [1.165, 1.54) is 74.0 Å². The Morgan fingerprint density at radius 2 is 1.35 bits per heavy atom. The van der Waals surface area contributed by atoms with E-state index in [-0.39, 0.29) is 5.41 Å². The number of hydrogen-bond acceptors (Lipinski definition) is 2. The molecule has 2 bridgehead atoms. The van der Waals surface area contributed by atoms with Crippen LogP contribution in [0.5, 0.6) is 0 Å². The molecule has 5 unspecified atom stereocenters. The van der Waals surface area contributed by atoms with Crippen molar-refractivity contribution in [2.24, 2.45) is 23.7 Å². The van der Waals surface area contributed by atoms with Crippen molar-refractivity contribution < 1.29 is 0 Å². The second-order valence-corrected chi connectivity index (χ2v) is 14.6. The van der Waals surface area contributed by atoms with E-state index in [2.05, 4.69) is 134 Å². The molecule has 1 aromatic heterocycles. The van der Waals surface area contributed by atoms with Gasteiger partial charge in [0.25, 0.3) is 0 Å². The maximum atomic E-state index is 2.57. The molecule has 5 aromatic carbocycles. The van der Waals surface area contributed by atoms with Crippen molar-refractivity contribution >= 4 is 48.6 Å². The first-order chi connectivity index (χ1) is 21.1. The average Bonchev–Trinajstić information content (AvgIpc) is 3.56. The van der Waals surface area contributed by atoms with E-state index in [1.807, 2.05) is 11.3 Å². The van der Waals surface area contributed by atoms with E-state index in [9.17, 15) is 0 Å². The van der Waals surface area contributed by atoms with E-state index in [0.29, 0.717) is 11.8 Å². The maximum Gasteiger partial charge on any atom is 0.0555 e. The zero-order valence-electron chi connectivity index (χ0n) is 25.0. The van der Waals surface area contributed by atoms with Gasteiger partial charge in [-0.2, -0.15) is 0 Å². The molecule has 1 heterocycles. The lowest BCUT2D eigenvalue weighted by Crippen LogP contribution is -2.49. The minimum absolute atomic E-state index is 0.0799. The molecular weight excluding hydrogens is 539 g/mol. The molecule has 9 rings (SSSR count). The van der Waals surface area contributed by atoms with Gasteiger partial charge in [-0.25, -0.2) is 0 Å². The van der Waals surface area contributed by atoms with Gasteiger partial charge >= 0.3 is 0 Å². The summed E-state index contributed by atoms with van der Waals surface area (Å²) in [6, 6.07) is 43.5. The Bertz CT molecular complexity index is 2000. The van der Waals surface area contributed by atoms with Crippen molar-refractivity contribution in [1.29, 1.82) is 0 Å². The first-order valence-electron chi connectivity index (χ1n) is 16.1. The number of thiophene rings is 1.